The van der Waals surface area contributed by atoms with Crippen LogP contribution in [0, 0.1) is 5.92 Å². The Bertz CT molecular complexity index is 602. The van der Waals surface area contributed by atoms with Crippen molar-refractivity contribution in [3.63, 3.8) is 0 Å². The number of azide groups is 1. The molecular weight excluding hydrogens is 424 g/mol. The lowest BCUT2D eigenvalue weighted by Crippen LogP contribution is -2.30. The van der Waals surface area contributed by atoms with Gasteiger partial charge in [-0.25, -0.2) is 0 Å². The van der Waals surface area contributed by atoms with Crippen LogP contribution in [-0.4, -0.2) is 57.1 Å². The minimum atomic E-state index is -0.180. The monoisotopic (exact) mass is 466 g/mol. The van der Waals surface area contributed by atoms with Gasteiger partial charge in [-0.05, 0) is 30.7 Å². The van der Waals surface area contributed by atoms with Crippen LogP contribution in [0.4, 0.5) is 0 Å². The molecule has 1 aliphatic carbocycles. The number of carbonyl (C=O) groups excluding carboxylic acids is 3. The van der Waals surface area contributed by atoms with Gasteiger partial charge in [0.25, 0.3) is 0 Å². The third-order valence-electron chi connectivity index (χ3n) is 5.78. The maximum absolute atomic E-state index is 11.9. The Morgan fingerprint density at radius 1 is 0.788 bits per heavy atom. The Morgan fingerprint density at radius 2 is 1.36 bits per heavy atom. The summed E-state index contributed by atoms with van der Waals surface area (Å²) in [5.41, 5.74) is 8.15. The zero-order valence-corrected chi connectivity index (χ0v) is 20.0. The van der Waals surface area contributed by atoms with Crippen molar-refractivity contribution in [3.8, 4) is 0 Å². The number of carbonyl (C=O) groups is 3. The van der Waals surface area contributed by atoms with E-state index in [1.54, 1.807) is 0 Å². The van der Waals surface area contributed by atoms with Crippen LogP contribution in [0.25, 0.3) is 10.4 Å². The topological polar surface area (TPSA) is 145 Å². The highest BCUT2D eigenvalue weighted by molar-refractivity contribution is 5.83. The first-order valence-corrected chi connectivity index (χ1v) is 12.5. The summed E-state index contributed by atoms with van der Waals surface area (Å²) in [6, 6.07) is 0. The van der Waals surface area contributed by atoms with Gasteiger partial charge in [-0.2, -0.15) is 0 Å². The zero-order valence-electron chi connectivity index (χ0n) is 20.0. The molecule has 0 aromatic carbocycles. The fourth-order valence-corrected chi connectivity index (χ4v) is 3.89. The van der Waals surface area contributed by atoms with E-state index in [4.69, 9.17) is 10.3 Å². The van der Waals surface area contributed by atoms with Gasteiger partial charge in [-0.15, -0.1) is 0 Å². The van der Waals surface area contributed by atoms with Gasteiger partial charge < -0.3 is 20.7 Å². The average Bonchev–Trinajstić information content (AvgIpc) is 2.78. The van der Waals surface area contributed by atoms with Crippen molar-refractivity contribution < 1.29 is 19.1 Å². The summed E-state index contributed by atoms with van der Waals surface area (Å²) in [6.45, 7) is 2.42. The minimum Gasteiger partial charge on any atom is -0.379 e. The third-order valence-corrected chi connectivity index (χ3v) is 5.78. The summed E-state index contributed by atoms with van der Waals surface area (Å²) >= 11 is 0. The van der Waals surface area contributed by atoms with Crippen molar-refractivity contribution in [1.29, 1.82) is 0 Å². The molecule has 1 saturated carbocycles. The van der Waals surface area contributed by atoms with E-state index in [0.717, 1.165) is 12.3 Å². The van der Waals surface area contributed by atoms with Gasteiger partial charge >= 0.3 is 0 Å². The zero-order chi connectivity index (χ0) is 24.0. The molecule has 10 nitrogen and oxygen atoms in total. The van der Waals surface area contributed by atoms with E-state index in [1.165, 1.54) is 51.4 Å². The standard InChI is InChI=1S/C23H42N6O4/c24-29-28-16-7-15-26-23(32)13-18-33-19-17-27-22(31)12-11-21(30)25-14-6-10-20-8-4-2-1-3-5-9-20/h20H,1-19H2,(H,25,30)(H,26,32)(H,27,31). The first-order valence-electron chi connectivity index (χ1n) is 12.5. The number of ether oxygens (including phenoxy) is 1. The molecule has 0 unspecified atom stereocenters. The van der Waals surface area contributed by atoms with Crippen LogP contribution in [0.15, 0.2) is 5.11 Å². The number of amides is 3. The van der Waals surface area contributed by atoms with Gasteiger partial charge in [-0.1, -0.05) is 50.1 Å². The Hall–Kier alpha value is -2.32. The molecule has 0 spiro atoms. The van der Waals surface area contributed by atoms with Gasteiger partial charge in [0.2, 0.25) is 17.7 Å². The lowest BCUT2D eigenvalue weighted by atomic mass is 9.88. The second-order valence-corrected chi connectivity index (χ2v) is 8.57. The fraction of sp³-hybridized carbons (Fsp3) is 0.870. The first kappa shape index (κ1) is 28.7. The maximum atomic E-state index is 11.9. The van der Waals surface area contributed by atoms with E-state index in [-0.39, 0.29) is 43.6 Å². The van der Waals surface area contributed by atoms with Crippen LogP contribution in [0.1, 0.15) is 83.5 Å². The molecule has 1 aliphatic rings. The molecule has 33 heavy (non-hydrogen) atoms. The summed E-state index contributed by atoms with van der Waals surface area (Å²) in [5.74, 6) is 0.418. The van der Waals surface area contributed by atoms with E-state index in [1.807, 2.05) is 0 Å². The molecule has 0 radical (unpaired) electrons. The molecule has 188 valence electrons. The molecule has 0 heterocycles. The summed E-state index contributed by atoms with van der Waals surface area (Å²) in [4.78, 5) is 38.0. The smallest absolute Gasteiger partial charge is 0.222 e. The highest BCUT2D eigenvalue weighted by atomic mass is 16.5. The first-order chi connectivity index (χ1) is 16.1. The van der Waals surface area contributed by atoms with E-state index in [9.17, 15) is 14.4 Å². The Balaban J connectivity index is 1.91. The quantitative estimate of drug-likeness (QED) is 0.131. The molecule has 0 aliphatic heterocycles. The molecular formula is C23H42N6O4. The lowest BCUT2D eigenvalue weighted by Gasteiger charge is -2.19. The third kappa shape index (κ3) is 17.9. The fourth-order valence-electron chi connectivity index (χ4n) is 3.89. The van der Waals surface area contributed by atoms with Gasteiger partial charge in [0, 0.05) is 50.4 Å². The molecule has 1 fully saturated rings. The SMILES string of the molecule is [N-]=[N+]=NCCCNC(=O)CCOCCNC(=O)CCC(=O)NCCCC1CCCCCCC1. The van der Waals surface area contributed by atoms with E-state index < -0.39 is 0 Å². The van der Waals surface area contributed by atoms with Crippen molar-refractivity contribution in [2.24, 2.45) is 11.0 Å². The number of hydrogen-bond acceptors (Lipinski definition) is 5. The Kier molecular flexibility index (Phi) is 17.7. The van der Waals surface area contributed by atoms with Gasteiger partial charge in [-0.3, -0.25) is 14.4 Å². The molecule has 3 amide bonds. The molecule has 0 bridgehead atoms. The van der Waals surface area contributed by atoms with E-state index >= 15 is 0 Å². The summed E-state index contributed by atoms with van der Waals surface area (Å²) < 4.78 is 5.33. The van der Waals surface area contributed by atoms with Crippen molar-refractivity contribution in [1.82, 2.24) is 16.0 Å². The van der Waals surface area contributed by atoms with Crippen molar-refractivity contribution in [3.05, 3.63) is 10.4 Å². The second kappa shape index (κ2) is 20.3. The highest BCUT2D eigenvalue weighted by Crippen LogP contribution is 2.25. The van der Waals surface area contributed by atoms with E-state index in [0.29, 0.717) is 39.2 Å². The predicted molar refractivity (Wildman–Crippen MR) is 127 cm³/mol. The van der Waals surface area contributed by atoms with Gasteiger partial charge in [0.05, 0.1) is 13.2 Å². The normalized spacial score (nSPS) is 14.4. The van der Waals surface area contributed by atoms with Crippen LogP contribution >= 0.6 is 0 Å². The summed E-state index contributed by atoms with van der Waals surface area (Å²) in [7, 11) is 0. The largest absolute Gasteiger partial charge is 0.379 e. The number of nitrogens with one attached hydrogen (secondary N) is 3. The average molecular weight is 467 g/mol. The van der Waals surface area contributed by atoms with Gasteiger partial charge in [0.1, 0.15) is 0 Å². The number of hydrogen-bond donors (Lipinski definition) is 3. The van der Waals surface area contributed by atoms with Crippen LogP contribution in [0.2, 0.25) is 0 Å². The molecule has 1 rings (SSSR count). The highest BCUT2D eigenvalue weighted by Gasteiger charge is 2.11. The molecule has 0 saturated heterocycles. The number of nitrogens with zero attached hydrogens (tertiary/aromatic N) is 3. The molecule has 0 atom stereocenters. The Morgan fingerprint density at radius 3 is 2.03 bits per heavy atom. The molecule has 0 aromatic rings. The molecule has 10 heteroatoms. The van der Waals surface area contributed by atoms with E-state index in [2.05, 4.69) is 26.0 Å². The second-order valence-electron chi connectivity index (χ2n) is 8.57. The van der Waals surface area contributed by atoms with Crippen LogP contribution in [0.5, 0.6) is 0 Å². The van der Waals surface area contributed by atoms with Crippen molar-refractivity contribution in [2.75, 3.05) is 39.4 Å². The summed E-state index contributed by atoms with van der Waals surface area (Å²) in [6.07, 6.45) is 12.8. The van der Waals surface area contributed by atoms with Crippen LogP contribution < -0.4 is 16.0 Å². The molecule has 3 N–H and O–H groups in total. The maximum Gasteiger partial charge on any atom is 0.222 e. The number of rotatable bonds is 17. The van der Waals surface area contributed by atoms with Crippen molar-refractivity contribution in [2.45, 2.75) is 83.5 Å². The predicted octanol–water partition coefficient (Wildman–Crippen LogP) is 3.36. The Labute approximate surface area is 197 Å². The molecule has 0 aromatic heterocycles. The lowest BCUT2D eigenvalue weighted by molar-refractivity contribution is -0.126. The van der Waals surface area contributed by atoms with Gasteiger partial charge in [0.15, 0.2) is 0 Å². The van der Waals surface area contributed by atoms with Crippen molar-refractivity contribution >= 4 is 17.7 Å². The minimum absolute atomic E-state index is 0.0792. The summed E-state index contributed by atoms with van der Waals surface area (Å²) in [5, 5.41) is 11.7. The van der Waals surface area contributed by atoms with Crippen LogP contribution in [-0.2, 0) is 19.1 Å². The van der Waals surface area contributed by atoms with Crippen LogP contribution in [0.3, 0.4) is 0 Å².